The Morgan fingerprint density at radius 2 is 1.92 bits per heavy atom. The molecule has 6 nitrogen and oxygen atoms in total. The molecule has 0 aliphatic rings. The Hall–Kier alpha value is -3.32. The zero-order chi connectivity index (χ0) is 17.9. The Labute approximate surface area is 153 Å². The van der Waals surface area contributed by atoms with Crippen molar-refractivity contribution >= 4 is 32.6 Å². The maximum Gasteiger partial charge on any atom is 0.322 e. The molecular formula is C19H14N4O2S. The van der Waals surface area contributed by atoms with E-state index in [-0.39, 0.29) is 11.9 Å². The van der Waals surface area contributed by atoms with Gasteiger partial charge in [-0.2, -0.15) is 4.98 Å². The number of nitrogens with zero attached hydrogens (tertiary/aromatic N) is 3. The lowest BCUT2D eigenvalue weighted by Gasteiger charge is -2.05. The van der Waals surface area contributed by atoms with E-state index in [4.69, 9.17) is 4.74 Å². The third-order valence-electron chi connectivity index (χ3n) is 3.55. The van der Waals surface area contributed by atoms with Crippen molar-refractivity contribution in [2.75, 3.05) is 5.32 Å². The van der Waals surface area contributed by atoms with Crippen LogP contribution in [0.2, 0.25) is 0 Å². The molecule has 0 atom stereocenters. The molecule has 128 valence electrons. The number of hydrogen-bond donors (Lipinski definition) is 1. The maximum atomic E-state index is 11.2. The molecule has 1 amide bonds. The number of aromatic nitrogens is 3. The second-order valence-corrected chi connectivity index (χ2v) is 6.55. The number of carbonyl (C=O) groups is 1. The van der Waals surface area contributed by atoms with Crippen molar-refractivity contribution in [3.05, 3.63) is 60.8 Å². The van der Waals surface area contributed by atoms with Crippen molar-refractivity contribution < 1.29 is 9.53 Å². The van der Waals surface area contributed by atoms with Gasteiger partial charge in [0.2, 0.25) is 5.91 Å². The minimum atomic E-state index is -0.136. The zero-order valence-electron chi connectivity index (χ0n) is 13.8. The average molecular weight is 362 g/mol. The van der Waals surface area contributed by atoms with E-state index < -0.39 is 0 Å². The average Bonchev–Trinajstić information content (AvgIpc) is 3.03. The molecular weight excluding hydrogens is 348 g/mol. The molecule has 0 fully saturated rings. The van der Waals surface area contributed by atoms with Gasteiger partial charge in [-0.05, 0) is 30.3 Å². The minimum Gasteiger partial charge on any atom is -0.424 e. The standard InChI is InChI=1S/C19H14N4O2S/c1-12(24)21-19-23-16-8-7-13(11-17(16)26-19)15-9-10-20-18(22-15)25-14-5-3-2-4-6-14/h2-11H,1H3,(H,21,23,24). The van der Waals surface area contributed by atoms with Gasteiger partial charge < -0.3 is 10.1 Å². The van der Waals surface area contributed by atoms with Crippen molar-refractivity contribution in [1.82, 2.24) is 15.0 Å². The van der Waals surface area contributed by atoms with Crippen LogP contribution in [0.5, 0.6) is 11.8 Å². The van der Waals surface area contributed by atoms with Crippen molar-refractivity contribution in [2.45, 2.75) is 6.92 Å². The molecule has 26 heavy (non-hydrogen) atoms. The molecule has 0 aliphatic heterocycles. The third kappa shape index (κ3) is 3.52. The fourth-order valence-electron chi connectivity index (χ4n) is 2.43. The van der Waals surface area contributed by atoms with Gasteiger partial charge in [0.25, 0.3) is 0 Å². The lowest BCUT2D eigenvalue weighted by atomic mass is 10.1. The van der Waals surface area contributed by atoms with E-state index in [1.807, 2.05) is 54.6 Å². The van der Waals surface area contributed by atoms with Gasteiger partial charge in [0.1, 0.15) is 5.75 Å². The van der Waals surface area contributed by atoms with Crippen molar-refractivity contribution in [1.29, 1.82) is 0 Å². The fourth-order valence-corrected chi connectivity index (χ4v) is 3.38. The maximum absolute atomic E-state index is 11.2. The molecule has 4 aromatic rings. The first-order valence-electron chi connectivity index (χ1n) is 7.92. The second-order valence-electron chi connectivity index (χ2n) is 5.52. The predicted molar refractivity (Wildman–Crippen MR) is 101 cm³/mol. The number of thiazole rings is 1. The zero-order valence-corrected chi connectivity index (χ0v) is 14.7. The number of benzene rings is 2. The summed E-state index contributed by atoms with van der Waals surface area (Å²) in [4.78, 5) is 24.2. The molecule has 7 heteroatoms. The number of carbonyl (C=O) groups excluding carboxylic acids is 1. The van der Waals surface area contributed by atoms with Crippen LogP contribution in [0, 0.1) is 0 Å². The number of nitrogens with one attached hydrogen (secondary N) is 1. The Morgan fingerprint density at radius 1 is 1.08 bits per heavy atom. The molecule has 1 N–H and O–H groups in total. The SMILES string of the molecule is CC(=O)Nc1nc2ccc(-c3ccnc(Oc4ccccc4)n3)cc2s1. The van der Waals surface area contributed by atoms with Gasteiger partial charge in [0.15, 0.2) is 5.13 Å². The predicted octanol–water partition coefficient (Wildman–Crippen LogP) is 4.50. The van der Waals surface area contributed by atoms with Crippen LogP contribution >= 0.6 is 11.3 Å². The highest BCUT2D eigenvalue weighted by Gasteiger charge is 2.09. The van der Waals surface area contributed by atoms with E-state index in [1.165, 1.54) is 18.3 Å². The Kier molecular flexibility index (Phi) is 4.28. The quantitative estimate of drug-likeness (QED) is 0.578. The smallest absolute Gasteiger partial charge is 0.322 e. The summed E-state index contributed by atoms with van der Waals surface area (Å²) in [5.41, 5.74) is 2.51. The molecule has 2 aromatic carbocycles. The number of rotatable bonds is 4. The number of anilines is 1. The van der Waals surface area contributed by atoms with Crippen molar-refractivity contribution in [3.8, 4) is 23.0 Å². The summed E-state index contributed by atoms with van der Waals surface area (Å²) < 4.78 is 6.66. The van der Waals surface area contributed by atoms with Crippen molar-refractivity contribution in [2.24, 2.45) is 0 Å². The van der Waals surface area contributed by atoms with E-state index >= 15 is 0 Å². The molecule has 4 rings (SSSR count). The molecule has 2 heterocycles. The summed E-state index contributed by atoms with van der Waals surface area (Å²) in [5, 5.41) is 3.30. The van der Waals surface area contributed by atoms with Gasteiger partial charge in [-0.25, -0.2) is 9.97 Å². The topological polar surface area (TPSA) is 77.0 Å². The molecule has 0 unspecified atom stereocenters. The summed E-state index contributed by atoms with van der Waals surface area (Å²) in [5.74, 6) is 0.547. The lowest BCUT2D eigenvalue weighted by Crippen LogP contribution is -2.04. The highest BCUT2D eigenvalue weighted by atomic mass is 32.1. The van der Waals surface area contributed by atoms with Crippen LogP contribution in [-0.2, 0) is 4.79 Å². The first-order valence-corrected chi connectivity index (χ1v) is 8.73. The van der Waals surface area contributed by atoms with Crippen LogP contribution in [0.4, 0.5) is 5.13 Å². The van der Waals surface area contributed by atoms with E-state index in [0.29, 0.717) is 10.9 Å². The van der Waals surface area contributed by atoms with Crippen LogP contribution < -0.4 is 10.1 Å². The number of fused-ring (bicyclic) bond motifs is 1. The van der Waals surface area contributed by atoms with Gasteiger partial charge >= 0.3 is 6.01 Å². The molecule has 0 saturated carbocycles. The lowest BCUT2D eigenvalue weighted by molar-refractivity contribution is -0.114. The number of hydrogen-bond acceptors (Lipinski definition) is 6. The van der Waals surface area contributed by atoms with E-state index in [1.54, 1.807) is 6.20 Å². The highest BCUT2D eigenvalue weighted by molar-refractivity contribution is 7.22. The highest BCUT2D eigenvalue weighted by Crippen LogP contribution is 2.30. The minimum absolute atomic E-state index is 0.136. The second kappa shape index (κ2) is 6.89. The molecule has 2 aromatic heterocycles. The fraction of sp³-hybridized carbons (Fsp3) is 0.0526. The summed E-state index contributed by atoms with van der Waals surface area (Å²) in [6, 6.07) is 17.4. The summed E-state index contributed by atoms with van der Waals surface area (Å²) in [7, 11) is 0. The van der Waals surface area contributed by atoms with Crippen LogP contribution in [0.1, 0.15) is 6.92 Å². The molecule has 0 saturated heterocycles. The number of amides is 1. The van der Waals surface area contributed by atoms with Gasteiger partial charge in [0, 0.05) is 18.7 Å². The Balaban J connectivity index is 1.64. The van der Waals surface area contributed by atoms with Crippen LogP contribution in [-0.4, -0.2) is 20.9 Å². The summed E-state index contributed by atoms with van der Waals surface area (Å²) in [6.07, 6.45) is 1.67. The largest absolute Gasteiger partial charge is 0.424 e. The molecule has 0 aliphatic carbocycles. The van der Waals surface area contributed by atoms with Gasteiger partial charge in [-0.3, -0.25) is 4.79 Å². The van der Waals surface area contributed by atoms with E-state index in [0.717, 1.165) is 21.5 Å². The first kappa shape index (κ1) is 16.2. The Bertz CT molecular complexity index is 1080. The van der Waals surface area contributed by atoms with Crippen LogP contribution in [0.25, 0.3) is 21.5 Å². The van der Waals surface area contributed by atoms with Crippen LogP contribution in [0.3, 0.4) is 0 Å². The van der Waals surface area contributed by atoms with Crippen molar-refractivity contribution in [3.63, 3.8) is 0 Å². The summed E-state index contributed by atoms with van der Waals surface area (Å²) in [6.45, 7) is 1.46. The third-order valence-corrected chi connectivity index (χ3v) is 4.49. The molecule has 0 bridgehead atoms. The molecule has 0 radical (unpaired) electrons. The Morgan fingerprint density at radius 3 is 2.73 bits per heavy atom. The number of para-hydroxylation sites is 1. The molecule has 0 spiro atoms. The van der Waals surface area contributed by atoms with Gasteiger partial charge in [-0.15, -0.1) is 0 Å². The summed E-state index contributed by atoms with van der Waals surface area (Å²) >= 11 is 1.42. The first-order chi connectivity index (χ1) is 12.7. The van der Waals surface area contributed by atoms with E-state index in [2.05, 4.69) is 20.3 Å². The number of ether oxygens (including phenoxy) is 1. The van der Waals surface area contributed by atoms with E-state index in [9.17, 15) is 4.79 Å². The van der Waals surface area contributed by atoms with Crippen LogP contribution in [0.15, 0.2) is 60.8 Å². The monoisotopic (exact) mass is 362 g/mol. The normalized spacial score (nSPS) is 10.7. The van der Waals surface area contributed by atoms with Gasteiger partial charge in [-0.1, -0.05) is 35.6 Å². The van der Waals surface area contributed by atoms with Gasteiger partial charge in [0.05, 0.1) is 15.9 Å².